The number of hydrogen-bond acceptors (Lipinski definition) is 2. The summed E-state index contributed by atoms with van der Waals surface area (Å²) in [5.41, 5.74) is 0. The molecule has 0 spiro atoms. The second-order valence-corrected chi connectivity index (χ2v) is 4.78. The van der Waals surface area contributed by atoms with Crippen LogP contribution >= 0.6 is 0 Å². The van der Waals surface area contributed by atoms with Crippen molar-refractivity contribution in [3.63, 3.8) is 0 Å². The Bertz CT molecular complexity index is 303. The van der Waals surface area contributed by atoms with Crippen LogP contribution in [0.15, 0.2) is 0 Å². The van der Waals surface area contributed by atoms with Gasteiger partial charge in [-0.15, -0.1) is 0 Å². The van der Waals surface area contributed by atoms with Gasteiger partial charge in [-0.2, -0.15) is 0 Å². The molecule has 0 N–H and O–H groups in total. The van der Waals surface area contributed by atoms with Crippen LogP contribution in [0.3, 0.4) is 0 Å². The molecule has 0 radical (unpaired) electrons. The number of carbonyl (C=O) groups is 2. The molecule has 2 saturated heterocycles. The summed E-state index contributed by atoms with van der Waals surface area (Å²) < 4.78 is 0. The first-order chi connectivity index (χ1) is 7.65. The zero-order chi connectivity index (χ0) is 11.7. The van der Waals surface area contributed by atoms with E-state index in [0.29, 0.717) is 13.0 Å². The SMILES string of the molecule is CCC(C)N1CCC(=O)N2CCCC2C1=O. The number of fused-ring (bicyclic) bond motifs is 1. The maximum Gasteiger partial charge on any atom is 0.245 e. The van der Waals surface area contributed by atoms with Crippen molar-refractivity contribution in [1.29, 1.82) is 0 Å². The molecule has 2 amide bonds. The summed E-state index contributed by atoms with van der Waals surface area (Å²) in [6.07, 6.45) is 3.26. The Kier molecular flexibility index (Phi) is 3.17. The van der Waals surface area contributed by atoms with E-state index < -0.39 is 0 Å². The van der Waals surface area contributed by atoms with E-state index in [-0.39, 0.29) is 23.9 Å². The summed E-state index contributed by atoms with van der Waals surface area (Å²) >= 11 is 0. The fourth-order valence-electron chi connectivity index (χ4n) is 2.64. The molecule has 2 fully saturated rings. The molecule has 2 atom stereocenters. The number of amides is 2. The van der Waals surface area contributed by atoms with Crippen LogP contribution in [-0.4, -0.2) is 46.8 Å². The molecule has 4 heteroatoms. The van der Waals surface area contributed by atoms with Gasteiger partial charge in [0.1, 0.15) is 6.04 Å². The number of carbonyl (C=O) groups excluding carboxylic acids is 2. The van der Waals surface area contributed by atoms with Crippen molar-refractivity contribution in [1.82, 2.24) is 9.80 Å². The van der Waals surface area contributed by atoms with Gasteiger partial charge in [0, 0.05) is 25.6 Å². The quantitative estimate of drug-likeness (QED) is 0.702. The lowest BCUT2D eigenvalue weighted by atomic mass is 10.1. The summed E-state index contributed by atoms with van der Waals surface area (Å²) in [5.74, 6) is 0.319. The Morgan fingerprint density at radius 1 is 1.38 bits per heavy atom. The topological polar surface area (TPSA) is 40.6 Å². The minimum absolute atomic E-state index is 0.154. The fourth-order valence-corrected chi connectivity index (χ4v) is 2.64. The molecule has 0 bridgehead atoms. The summed E-state index contributed by atoms with van der Waals surface area (Å²) in [6, 6.07) is 0.0878. The molecule has 4 nitrogen and oxygen atoms in total. The van der Waals surface area contributed by atoms with Crippen LogP contribution in [-0.2, 0) is 9.59 Å². The van der Waals surface area contributed by atoms with E-state index in [2.05, 4.69) is 13.8 Å². The molecule has 2 aliphatic rings. The maximum atomic E-state index is 12.3. The number of hydrogen-bond donors (Lipinski definition) is 0. The van der Waals surface area contributed by atoms with Crippen LogP contribution in [0.5, 0.6) is 0 Å². The molecule has 2 heterocycles. The molecule has 16 heavy (non-hydrogen) atoms. The van der Waals surface area contributed by atoms with Gasteiger partial charge in [0.2, 0.25) is 11.8 Å². The van der Waals surface area contributed by atoms with Crippen molar-refractivity contribution in [3.05, 3.63) is 0 Å². The highest BCUT2D eigenvalue weighted by atomic mass is 16.2. The van der Waals surface area contributed by atoms with Crippen LogP contribution in [0.4, 0.5) is 0 Å². The van der Waals surface area contributed by atoms with Crippen LogP contribution in [0.2, 0.25) is 0 Å². The van der Waals surface area contributed by atoms with E-state index in [1.54, 1.807) is 4.90 Å². The van der Waals surface area contributed by atoms with Gasteiger partial charge in [0.05, 0.1) is 0 Å². The van der Waals surface area contributed by atoms with Crippen LogP contribution in [0.25, 0.3) is 0 Å². The fraction of sp³-hybridized carbons (Fsp3) is 0.833. The smallest absolute Gasteiger partial charge is 0.245 e. The standard InChI is InChI=1S/C12H20N2O2/c1-3-9(2)13-8-6-11(15)14-7-4-5-10(14)12(13)16/h9-10H,3-8H2,1-2H3. The highest BCUT2D eigenvalue weighted by Gasteiger charge is 2.40. The summed E-state index contributed by atoms with van der Waals surface area (Å²) in [5, 5.41) is 0. The van der Waals surface area contributed by atoms with E-state index in [9.17, 15) is 9.59 Å². The van der Waals surface area contributed by atoms with Crippen LogP contribution < -0.4 is 0 Å². The lowest BCUT2D eigenvalue weighted by Crippen LogP contribution is -2.46. The highest BCUT2D eigenvalue weighted by molar-refractivity contribution is 5.90. The molecule has 0 aromatic rings. The van der Waals surface area contributed by atoms with Gasteiger partial charge in [-0.25, -0.2) is 0 Å². The van der Waals surface area contributed by atoms with E-state index in [1.165, 1.54) is 0 Å². The first-order valence-corrected chi connectivity index (χ1v) is 6.25. The van der Waals surface area contributed by atoms with Crippen molar-refractivity contribution in [2.75, 3.05) is 13.1 Å². The van der Waals surface area contributed by atoms with E-state index >= 15 is 0 Å². The monoisotopic (exact) mass is 224 g/mol. The summed E-state index contributed by atoms with van der Waals surface area (Å²) in [7, 11) is 0. The zero-order valence-electron chi connectivity index (χ0n) is 10.1. The second-order valence-electron chi connectivity index (χ2n) is 4.78. The normalized spacial score (nSPS) is 28.0. The third-order valence-corrected chi connectivity index (χ3v) is 3.83. The van der Waals surface area contributed by atoms with Gasteiger partial charge in [-0.3, -0.25) is 9.59 Å². The van der Waals surface area contributed by atoms with Crippen molar-refractivity contribution >= 4 is 11.8 Å². The molecule has 0 saturated carbocycles. The van der Waals surface area contributed by atoms with Gasteiger partial charge >= 0.3 is 0 Å². The van der Waals surface area contributed by atoms with Crippen molar-refractivity contribution < 1.29 is 9.59 Å². The van der Waals surface area contributed by atoms with Crippen molar-refractivity contribution in [2.45, 2.75) is 51.6 Å². The minimum Gasteiger partial charge on any atom is -0.338 e. The van der Waals surface area contributed by atoms with Crippen LogP contribution in [0.1, 0.15) is 39.5 Å². The van der Waals surface area contributed by atoms with Gasteiger partial charge in [0.25, 0.3) is 0 Å². The first kappa shape index (κ1) is 11.4. The zero-order valence-corrected chi connectivity index (χ0v) is 10.1. The number of nitrogens with zero attached hydrogens (tertiary/aromatic N) is 2. The van der Waals surface area contributed by atoms with Gasteiger partial charge in [0.15, 0.2) is 0 Å². The minimum atomic E-state index is -0.163. The maximum absolute atomic E-state index is 12.3. The van der Waals surface area contributed by atoms with Crippen LogP contribution in [0, 0.1) is 0 Å². The van der Waals surface area contributed by atoms with Gasteiger partial charge in [-0.05, 0) is 26.2 Å². The Morgan fingerprint density at radius 2 is 2.12 bits per heavy atom. The molecule has 0 aliphatic carbocycles. The van der Waals surface area contributed by atoms with Crippen molar-refractivity contribution in [2.24, 2.45) is 0 Å². The second kappa shape index (κ2) is 4.44. The average molecular weight is 224 g/mol. The van der Waals surface area contributed by atoms with E-state index in [0.717, 1.165) is 25.8 Å². The summed E-state index contributed by atoms with van der Waals surface area (Å²) in [4.78, 5) is 27.8. The van der Waals surface area contributed by atoms with E-state index in [4.69, 9.17) is 0 Å². The third-order valence-electron chi connectivity index (χ3n) is 3.83. The predicted molar refractivity (Wildman–Crippen MR) is 60.8 cm³/mol. The average Bonchev–Trinajstić information content (AvgIpc) is 2.73. The summed E-state index contributed by atoms with van der Waals surface area (Å²) in [6.45, 7) is 5.51. The molecule has 90 valence electrons. The molecular formula is C12H20N2O2. The molecule has 0 aromatic heterocycles. The number of rotatable bonds is 2. The Balaban J connectivity index is 2.19. The molecule has 2 rings (SSSR count). The predicted octanol–water partition coefficient (Wildman–Crippen LogP) is 1.01. The largest absolute Gasteiger partial charge is 0.338 e. The molecule has 2 unspecified atom stereocenters. The van der Waals surface area contributed by atoms with Crippen molar-refractivity contribution in [3.8, 4) is 0 Å². The Hall–Kier alpha value is -1.06. The van der Waals surface area contributed by atoms with E-state index in [1.807, 2.05) is 4.90 Å². The van der Waals surface area contributed by atoms with Gasteiger partial charge < -0.3 is 9.80 Å². The Labute approximate surface area is 96.6 Å². The lowest BCUT2D eigenvalue weighted by Gasteiger charge is -2.29. The van der Waals surface area contributed by atoms with Gasteiger partial charge in [-0.1, -0.05) is 6.92 Å². The molecule has 0 aromatic carbocycles. The Morgan fingerprint density at radius 3 is 2.81 bits per heavy atom. The lowest BCUT2D eigenvalue weighted by molar-refractivity contribution is -0.140. The highest BCUT2D eigenvalue weighted by Crippen LogP contribution is 2.24. The molecular weight excluding hydrogens is 204 g/mol. The third kappa shape index (κ3) is 1.81. The molecule has 2 aliphatic heterocycles. The first-order valence-electron chi connectivity index (χ1n) is 6.25.